The predicted molar refractivity (Wildman–Crippen MR) is 89.0 cm³/mol. The van der Waals surface area contributed by atoms with Gasteiger partial charge in [0, 0.05) is 26.2 Å². The van der Waals surface area contributed by atoms with Crippen molar-refractivity contribution in [2.24, 2.45) is 0 Å². The Hall–Kier alpha value is -0.940. The Bertz CT molecular complexity index is 568. The number of hydrogen-bond acceptors (Lipinski definition) is 3. The lowest BCUT2D eigenvalue weighted by Gasteiger charge is -2.35. The van der Waals surface area contributed by atoms with E-state index >= 15 is 0 Å². The van der Waals surface area contributed by atoms with E-state index in [4.69, 9.17) is 0 Å². The molecular weight excluding hydrogens is 307 g/mol. The molecule has 0 spiro atoms. The second-order valence-corrected chi connectivity index (χ2v) is 6.03. The van der Waals surface area contributed by atoms with E-state index in [2.05, 4.69) is 27.0 Å². The van der Waals surface area contributed by atoms with Crippen molar-refractivity contribution in [3.8, 4) is 0 Å². The lowest BCUT2D eigenvalue weighted by atomic mass is 9.95. The molecule has 2 nitrogen and oxygen atoms in total. The monoisotopic (exact) mass is 326 g/mol. The number of rotatable bonds is 3. The summed E-state index contributed by atoms with van der Waals surface area (Å²) in [6.45, 7) is 6.08. The average Bonchev–Trinajstić information content (AvgIpc) is 2.97. The number of hydrogen-bond donors (Lipinski definition) is 1. The van der Waals surface area contributed by atoms with Crippen LogP contribution in [0.25, 0.3) is 0 Å². The van der Waals surface area contributed by atoms with Gasteiger partial charge in [0.25, 0.3) is 0 Å². The minimum absolute atomic E-state index is 0. The highest BCUT2D eigenvalue weighted by Gasteiger charge is 2.25. The first kappa shape index (κ1) is 16.4. The van der Waals surface area contributed by atoms with E-state index in [-0.39, 0.29) is 24.3 Å². The van der Waals surface area contributed by atoms with Crippen molar-refractivity contribution in [1.82, 2.24) is 10.2 Å². The average molecular weight is 327 g/mol. The summed E-state index contributed by atoms with van der Waals surface area (Å²) in [7, 11) is 0. The predicted octanol–water partition coefficient (Wildman–Crippen LogP) is 3.61. The number of aryl methyl sites for hydroxylation is 1. The first-order chi connectivity index (χ1) is 9.75. The van der Waals surface area contributed by atoms with E-state index in [1.54, 1.807) is 23.5 Å². The Balaban J connectivity index is 0.00000161. The third kappa shape index (κ3) is 3.64. The minimum atomic E-state index is -0.157. The Morgan fingerprint density at radius 3 is 2.62 bits per heavy atom. The smallest absolute Gasteiger partial charge is 0.123 e. The molecule has 3 rings (SSSR count). The Morgan fingerprint density at radius 2 is 2.00 bits per heavy atom. The molecule has 0 aliphatic carbocycles. The molecule has 114 valence electrons. The number of benzene rings is 1. The number of nitrogens with one attached hydrogen (secondary N) is 1. The lowest BCUT2D eigenvalue weighted by Crippen LogP contribution is -2.45. The molecule has 0 saturated carbocycles. The van der Waals surface area contributed by atoms with Crippen molar-refractivity contribution < 1.29 is 4.39 Å². The van der Waals surface area contributed by atoms with Gasteiger partial charge >= 0.3 is 0 Å². The molecule has 2 heterocycles. The fourth-order valence-corrected chi connectivity index (χ4v) is 3.58. The van der Waals surface area contributed by atoms with E-state index < -0.39 is 0 Å². The second-order valence-electron chi connectivity index (χ2n) is 5.25. The van der Waals surface area contributed by atoms with Gasteiger partial charge in [-0.15, -0.1) is 12.4 Å². The lowest BCUT2D eigenvalue weighted by molar-refractivity contribution is 0.198. The van der Waals surface area contributed by atoms with Gasteiger partial charge in [0.05, 0.1) is 6.04 Å². The summed E-state index contributed by atoms with van der Waals surface area (Å²) in [6.07, 6.45) is 0. The van der Waals surface area contributed by atoms with E-state index in [0.29, 0.717) is 0 Å². The molecule has 1 saturated heterocycles. The van der Waals surface area contributed by atoms with E-state index in [1.807, 2.05) is 13.0 Å². The molecular formula is C16H20ClFN2S. The maximum atomic E-state index is 13.4. The molecule has 1 aromatic heterocycles. The molecule has 1 aliphatic rings. The summed E-state index contributed by atoms with van der Waals surface area (Å²) in [5.74, 6) is -0.157. The van der Waals surface area contributed by atoms with Crippen molar-refractivity contribution in [3.63, 3.8) is 0 Å². The Morgan fingerprint density at radius 1 is 1.24 bits per heavy atom. The maximum absolute atomic E-state index is 13.4. The largest absolute Gasteiger partial charge is 0.314 e. The standard InChI is InChI=1S/C16H19FN2S.ClH/c1-12-10-14(17)2-3-15(12)16(13-4-9-20-11-13)19-7-5-18-6-8-19;/h2-4,9-11,16,18H,5-8H2,1H3;1H/t16-;/m1./s1. The third-order valence-corrected chi connectivity index (χ3v) is 4.60. The van der Waals surface area contributed by atoms with Crippen LogP contribution in [0.4, 0.5) is 4.39 Å². The number of thiophene rings is 1. The van der Waals surface area contributed by atoms with Gasteiger partial charge in [-0.3, -0.25) is 4.90 Å². The van der Waals surface area contributed by atoms with Crippen LogP contribution in [0.2, 0.25) is 0 Å². The molecule has 5 heteroatoms. The summed E-state index contributed by atoms with van der Waals surface area (Å²) in [4.78, 5) is 2.48. The molecule has 0 unspecified atom stereocenters. The van der Waals surface area contributed by atoms with Gasteiger partial charge in [-0.1, -0.05) is 6.07 Å². The van der Waals surface area contributed by atoms with Crippen molar-refractivity contribution in [2.75, 3.05) is 26.2 Å². The maximum Gasteiger partial charge on any atom is 0.123 e. The molecule has 2 aromatic rings. The Labute approximate surface area is 135 Å². The van der Waals surface area contributed by atoms with E-state index in [9.17, 15) is 4.39 Å². The van der Waals surface area contributed by atoms with E-state index in [0.717, 1.165) is 31.7 Å². The highest BCUT2D eigenvalue weighted by Crippen LogP contribution is 2.32. The van der Waals surface area contributed by atoms with Gasteiger partial charge < -0.3 is 5.32 Å². The quantitative estimate of drug-likeness (QED) is 0.927. The normalized spacial score (nSPS) is 17.2. The minimum Gasteiger partial charge on any atom is -0.314 e. The SMILES string of the molecule is Cc1cc(F)ccc1[C@@H](c1ccsc1)N1CCNCC1.Cl. The highest BCUT2D eigenvalue weighted by atomic mass is 35.5. The zero-order valence-corrected chi connectivity index (χ0v) is 13.6. The second kappa shape index (κ2) is 7.36. The van der Waals surface area contributed by atoms with Crippen LogP contribution < -0.4 is 5.32 Å². The molecule has 1 atom stereocenters. The molecule has 1 fully saturated rings. The summed E-state index contributed by atoms with van der Waals surface area (Å²) in [6, 6.07) is 7.57. The molecule has 0 radical (unpaired) electrons. The topological polar surface area (TPSA) is 15.3 Å². The summed E-state index contributed by atoms with van der Waals surface area (Å²) in [5, 5.41) is 7.71. The molecule has 1 aliphatic heterocycles. The molecule has 0 amide bonds. The molecule has 21 heavy (non-hydrogen) atoms. The highest BCUT2D eigenvalue weighted by molar-refractivity contribution is 7.08. The molecule has 1 N–H and O–H groups in total. The van der Waals surface area contributed by atoms with Gasteiger partial charge in [0.2, 0.25) is 0 Å². The van der Waals surface area contributed by atoms with Gasteiger partial charge in [-0.05, 0) is 52.6 Å². The third-order valence-electron chi connectivity index (χ3n) is 3.90. The number of halogens is 2. The van der Waals surface area contributed by atoms with Crippen molar-refractivity contribution in [1.29, 1.82) is 0 Å². The van der Waals surface area contributed by atoms with Crippen LogP contribution in [0.3, 0.4) is 0 Å². The zero-order chi connectivity index (χ0) is 13.9. The van der Waals surface area contributed by atoms with Crippen LogP contribution >= 0.6 is 23.7 Å². The Kier molecular flexibility index (Phi) is 5.76. The molecule has 1 aromatic carbocycles. The van der Waals surface area contributed by atoms with Crippen molar-refractivity contribution >= 4 is 23.7 Å². The van der Waals surface area contributed by atoms with Crippen LogP contribution in [-0.2, 0) is 0 Å². The van der Waals surface area contributed by atoms with E-state index in [1.165, 1.54) is 11.1 Å². The first-order valence-electron chi connectivity index (χ1n) is 6.98. The van der Waals surface area contributed by atoms with Crippen LogP contribution in [0.5, 0.6) is 0 Å². The van der Waals surface area contributed by atoms with Crippen LogP contribution in [-0.4, -0.2) is 31.1 Å². The van der Waals surface area contributed by atoms with Crippen LogP contribution in [0.15, 0.2) is 35.0 Å². The number of nitrogens with zero attached hydrogens (tertiary/aromatic N) is 1. The number of piperazine rings is 1. The van der Waals surface area contributed by atoms with Crippen molar-refractivity contribution in [3.05, 3.63) is 57.5 Å². The fourth-order valence-electron chi connectivity index (χ4n) is 2.90. The molecule has 0 bridgehead atoms. The summed E-state index contributed by atoms with van der Waals surface area (Å²) < 4.78 is 13.4. The first-order valence-corrected chi connectivity index (χ1v) is 7.93. The van der Waals surface area contributed by atoms with Crippen molar-refractivity contribution in [2.45, 2.75) is 13.0 Å². The van der Waals surface area contributed by atoms with Crippen LogP contribution in [0.1, 0.15) is 22.7 Å². The van der Waals surface area contributed by atoms with Gasteiger partial charge in [0.15, 0.2) is 0 Å². The zero-order valence-electron chi connectivity index (χ0n) is 12.0. The van der Waals surface area contributed by atoms with Gasteiger partial charge in [0.1, 0.15) is 5.82 Å². The van der Waals surface area contributed by atoms with Crippen LogP contribution in [0, 0.1) is 12.7 Å². The van der Waals surface area contributed by atoms with Gasteiger partial charge in [-0.25, -0.2) is 4.39 Å². The summed E-state index contributed by atoms with van der Waals surface area (Å²) in [5.41, 5.74) is 3.55. The summed E-state index contributed by atoms with van der Waals surface area (Å²) >= 11 is 1.72. The fraction of sp³-hybridized carbons (Fsp3) is 0.375. The van der Waals surface area contributed by atoms with Gasteiger partial charge in [-0.2, -0.15) is 11.3 Å².